The van der Waals surface area contributed by atoms with E-state index in [0.29, 0.717) is 12.2 Å². The molecule has 0 fully saturated rings. The molecule has 0 bridgehead atoms. The highest BCUT2D eigenvalue weighted by Crippen LogP contribution is 2.27. The van der Waals surface area contributed by atoms with Crippen LogP contribution < -0.4 is 0 Å². The molecule has 0 aliphatic rings. The third-order valence-electron chi connectivity index (χ3n) is 4.48. The van der Waals surface area contributed by atoms with Crippen LogP contribution in [0.4, 0.5) is 0 Å². The van der Waals surface area contributed by atoms with E-state index in [9.17, 15) is 5.11 Å². The zero-order chi connectivity index (χ0) is 16.8. The van der Waals surface area contributed by atoms with E-state index in [1.54, 1.807) is 6.20 Å². The molecule has 3 nitrogen and oxygen atoms in total. The van der Waals surface area contributed by atoms with Gasteiger partial charge in [-0.15, -0.1) is 0 Å². The molecule has 1 aromatic carbocycles. The predicted octanol–water partition coefficient (Wildman–Crippen LogP) is 2.81. The van der Waals surface area contributed by atoms with Crippen molar-refractivity contribution >= 4 is 0 Å². The number of hydrogen-bond donors (Lipinski definition) is 1. The first-order valence-electron chi connectivity index (χ1n) is 8.07. The largest absolute Gasteiger partial charge is 0.368 e. The van der Waals surface area contributed by atoms with Crippen molar-refractivity contribution in [2.24, 2.45) is 0 Å². The zero-order valence-electron chi connectivity index (χ0n) is 14.2. The zero-order valence-corrected chi connectivity index (χ0v) is 14.2. The number of aromatic nitrogens is 1. The van der Waals surface area contributed by atoms with E-state index in [1.807, 2.05) is 48.5 Å². The predicted molar refractivity (Wildman–Crippen MR) is 93.6 cm³/mol. The molecular formula is C20H25N2O+. The number of quaternary nitrogens is 1. The first-order valence-corrected chi connectivity index (χ1v) is 8.07. The van der Waals surface area contributed by atoms with Crippen molar-refractivity contribution < 1.29 is 9.59 Å². The Kier molecular flexibility index (Phi) is 5.54. The van der Waals surface area contributed by atoms with Crippen LogP contribution >= 0.6 is 0 Å². The van der Waals surface area contributed by atoms with Gasteiger partial charge in [0.1, 0.15) is 6.54 Å². The van der Waals surface area contributed by atoms with Gasteiger partial charge in [0.2, 0.25) is 0 Å². The van der Waals surface area contributed by atoms with Crippen molar-refractivity contribution in [3.8, 4) is 11.8 Å². The minimum absolute atomic E-state index is 0.556. The van der Waals surface area contributed by atoms with E-state index in [0.717, 1.165) is 23.1 Å². The maximum absolute atomic E-state index is 11.3. The molecule has 1 aromatic heterocycles. The molecule has 2 rings (SSSR count). The van der Waals surface area contributed by atoms with Gasteiger partial charge in [-0.25, -0.2) is 0 Å². The second-order valence-corrected chi connectivity index (χ2v) is 6.00. The van der Waals surface area contributed by atoms with Gasteiger partial charge >= 0.3 is 0 Å². The van der Waals surface area contributed by atoms with Gasteiger partial charge in [0.25, 0.3) is 0 Å². The molecule has 0 amide bonds. The van der Waals surface area contributed by atoms with E-state index in [2.05, 4.69) is 37.7 Å². The Bertz CT molecular complexity index is 628. The number of pyridine rings is 1. The first-order chi connectivity index (χ1) is 11.0. The van der Waals surface area contributed by atoms with Crippen LogP contribution in [0.15, 0.2) is 54.7 Å². The quantitative estimate of drug-likeness (QED) is 0.680. The number of hydrogen-bond acceptors (Lipinski definition) is 2. The fourth-order valence-electron chi connectivity index (χ4n) is 2.35. The molecule has 0 spiro atoms. The summed E-state index contributed by atoms with van der Waals surface area (Å²) in [6.07, 6.45) is 1.68. The minimum Gasteiger partial charge on any atom is -0.368 e. The van der Waals surface area contributed by atoms with Crippen LogP contribution in [0, 0.1) is 11.8 Å². The molecule has 1 N–H and O–H groups in total. The highest BCUT2D eigenvalue weighted by atomic mass is 16.3. The molecular weight excluding hydrogens is 284 g/mol. The summed E-state index contributed by atoms with van der Waals surface area (Å²) in [5.74, 6) is 6.28. The summed E-state index contributed by atoms with van der Waals surface area (Å²) in [5, 5.41) is 11.3. The van der Waals surface area contributed by atoms with Gasteiger partial charge in [0, 0.05) is 11.8 Å². The smallest absolute Gasteiger partial charge is 0.194 e. The van der Waals surface area contributed by atoms with E-state index in [1.165, 1.54) is 0 Å². The molecule has 0 aliphatic heterocycles. The second kappa shape index (κ2) is 7.41. The molecule has 1 atom stereocenters. The number of nitrogens with zero attached hydrogens (tertiary/aromatic N) is 2. The van der Waals surface area contributed by atoms with Gasteiger partial charge in [-0.3, -0.25) is 4.98 Å². The Morgan fingerprint density at radius 1 is 1.04 bits per heavy atom. The second-order valence-electron chi connectivity index (χ2n) is 6.00. The molecule has 2 aromatic rings. The van der Waals surface area contributed by atoms with Crippen LogP contribution in [0.25, 0.3) is 0 Å². The van der Waals surface area contributed by atoms with Gasteiger partial charge in [-0.05, 0) is 31.9 Å². The highest BCUT2D eigenvalue weighted by molar-refractivity contribution is 5.41. The van der Waals surface area contributed by atoms with Crippen LogP contribution in [0.3, 0.4) is 0 Å². The van der Waals surface area contributed by atoms with Crippen LogP contribution in [0.2, 0.25) is 0 Å². The summed E-state index contributed by atoms with van der Waals surface area (Å²) in [7, 11) is 2.18. The number of benzene rings is 1. The molecule has 1 heterocycles. The van der Waals surface area contributed by atoms with Crippen LogP contribution in [-0.4, -0.2) is 41.3 Å². The Labute approximate surface area is 139 Å². The monoisotopic (exact) mass is 309 g/mol. The first kappa shape index (κ1) is 17.2. The van der Waals surface area contributed by atoms with Crippen molar-refractivity contribution in [2.45, 2.75) is 19.4 Å². The topological polar surface area (TPSA) is 33.1 Å². The third-order valence-corrected chi connectivity index (χ3v) is 4.48. The van der Waals surface area contributed by atoms with Crippen molar-refractivity contribution in [2.75, 3.05) is 26.7 Å². The average molecular weight is 309 g/mol. The van der Waals surface area contributed by atoms with E-state index in [4.69, 9.17) is 0 Å². The van der Waals surface area contributed by atoms with Crippen LogP contribution in [0.1, 0.15) is 25.1 Å². The van der Waals surface area contributed by atoms with E-state index >= 15 is 0 Å². The Balaban J connectivity index is 2.41. The molecule has 1 unspecified atom stereocenters. The highest BCUT2D eigenvalue weighted by Gasteiger charge is 2.31. The van der Waals surface area contributed by atoms with Gasteiger partial charge in [-0.2, -0.15) is 0 Å². The SMILES string of the molecule is CC[N+](C)(CC)CC#CC(O)(c1ccccc1)c1ccccn1. The molecule has 120 valence electrons. The summed E-state index contributed by atoms with van der Waals surface area (Å²) in [4.78, 5) is 4.33. The minimum atomic E-state index is -1.38. The van der Waals surface area contributed by atoms with Gasteiger partial charge in [-0.1, -0.05) is 42.3 Å². The maximum Gasteiger partial charge on any atom is 0.194 e. The molecule has 3 heteroatoms. The maximum atomic E-state index is 11.3. The normalized spacial score (nSPS) is 13.7. The third kappa shape index (κ3) is 3.98. The summed E-state index contributed by atoms with van der Waals surface area (Å²) < 4.78 is 0.861. The lowest BCUT2D eigenvalue weighted by atomic mass is 9.90. The lowest BCUT2D eigenvalue weighted by Gasteiger charge is -2.30. The fourth-order valence-corrected chi connectivity index (χ4v) is 2.35. The van der Waals surface area contributed by atoms with Gasteiger partial charge in [0.15, 0.2) is 5.60 Å². The van der Waals surface area contributed by atoms with Gasteiger partial charge < -0.3 is 9.59 Å². The molecule has 0 aliphatic carbocycles. The Morgan fingerprint density at radius 2 is 1.70 bits per heavy atom. The van der Waals surface area contributed by atoms with Gasteiger partial charge in [0.05, 0.1) is 25.8 Å². The fraction of sp³-hybridized carbons (Fsp3) is 0.350. The molecule has 0 saturated heterocycles. The standard InChI is InChI=1S/C20H25N2O/c1-4-22(3,5-2)17-11-15-20(23,18-12-7-6-8-13-18)19-14-9-10-16-21-19/h6-10,12-14,16,23H,4-5,17H2,1-3H3/q+1. The summed E-state index contributed by atoms with van der Waals surface area (Å²) >= 11 is 0. The number of aliphatic hydroxyl groups is 1. The average Bonchev–Trinajstić information content (AvgIpc) is 2.63. The van der Waals surface area contributed by atoms with Crippen molar-refractivity contribution in [1.29, 1.82) is 0 Å². The summed E-state index contributed by atoms with van der Waals surface area (Å²) in [5.41, 5.74) is -0.0798. The number of rotatable bonds is 5. The van der Waals surface area contributed by atoms with Crippen molar-refractivity contribution in [1.82, 2.24) is 4.98 Å². The Hall–Kier alpha value is -2.15. The molecule has 23 heavy (non-hydrogen) atoms. The lowest BCUT2D eigenvalue weighted by molar-refractivity contribution is -0.899. The lowest BCUT2D eigenvalue weighted by Crippen LogP contribution is -2.43. The van der Waals surface area contributed by atoms with Crippen molar-refractivity contribution in [3.63, 3.8) is 0 Å². The Morgan fingerprint density at radius 3 is 2.26 bits per heavy atom. The van der Waals surface area contributed by atoms with E-state index < -0.39 is 5.60 Å². The van der Waals surface area contributed by atoms with Crippen LogP contribution in [-0.2, 0) is 5.60 Å². The van der Waals surface area contributed by atoms with Crippen molar-refractivity contribution in [3.05, 3.63) is 66.0 Å². The molecule has 0 radical (unpaired) electrons. The summed E-state index contributed by atoms with van der Waals surface area (Å²) in [6.45, 7) is 7.05. The summed E-state index contributed by atoms with van der Waals surface area (Å²) in [6, 6.07) is 15.0. The van der Waals surface area contributed by atoms with E-state index in [-0.39, 0.29) is 0 Å². The van der Waals surface area contributed by atoms with Crippen LogP contribution in [0.5, 0.6) is 0 Å². The molecule has 0 saturated carbocycles.